The lowest BCUT2D eigenvalue weighted by Gasteiger charge is -2.38. The summed E-state index contributed by atoms with van der Waals surface area (Å²) in [4.78, 5) is 27.5. The zero-order valence-corrected chi connectivity index (χ0v) is 17.6. The number of fused-ring (bicyclic) bond motifs is 1. The lowest BCUT2D eigenvalue weighted by molar-refractivity contribution is 0.0387. The first-order valence-electron chi connectivity index (χ1n) is 10.5. The van der Waals surface area contributed by atoms with E-state index in [2.05, 4.69) is 10.3 Å². The molecular formula is C23H24N4O4. The summed E-state index contributed by atoms with van der Waals surface area (Å²) in [6.07, 6.45) is 5.39. The number of ether oxygens (including phenoxy) is 1. The molecule has 3 aromatic rings. The molecule has 0 bridgehead atoms. The number of piperidine rings is 1. The number of likely N-dealkylation sites (tertiary alicyclic amines) is 1. The van der Waals surface area contributed by atoms with Gasteiger partial charge in [-0.3, -0.25) is 14.3 Å². The molecule has 8 heteroatoms. The zero-order chi connectivity index (χ0) is 21.5. The van der Waals surface area contributed by atoms with Crippen molar-refractivity contribution in [2.75, 3.05) is 13.1 Å². The van der Waals surface area contributed by atoms with Crippen molar-refractivity contribution in [2.45, 2.75) is 32.3 Å². The minimum absolute atomic E-state index is 0.0943. The Bertz CT molecular complexity index is 1150. The van der Waals surface area contributed by atoms with Gasteiger partial charge in [0, 0.05) is 50.3 Å². The molecule has 160 valence electrons. The van der Waals surface area contributed by atoms with Crippen molar-refractivity contribution in [3.05, 3.63) is 53.5 Å². The third-order valence-electron chi connectivity index (χ3n) is 6.09. The van der Waals surface area contributed by atoms with Crippen LogP contribution in [0.4, 0.5) is 0 Å². The second kappa shape index (κ2) is 7.68. The predicted octanol–water partition coefficient (Wildman–Crippen LogP) is 3.27. The van der Waals surface area contributed by atoms with E-state index in [1.165, 1.54) is 0 Å². The minimum atomic E-state index is -0.223. The Morgan fingerprint density at radius 1 is 1.26 bits per heavy atom. The smallest absolute Gasteiger partial charge is 0.292 e. The lowest BCUT2D eigenvalue weighted by Crippen LogP contribution is -2.46. The van der Waals surface area contributed by atoms with Gasteiger partial charge in [-0.2, -0.15) is 5.10 Å². The van der Waals surface area contributed by atoms with Gasteiger partial charge in [0.2, 0.25) is 5.76 Å². The lowest BCUT2D eigenvalue weighted by atomic mass is 9.86. The van der Waals surface area contributed by atoms with Crippen LogP contribution in [-0.4, -0.2) is 50.7 Å². The number of ketones is 1. The van der Waals surface area contributed by atoms with E-state index in [0.717, 1.165) is 24.0 Å². The van der Waals surface area contributed by atoms with Gasteiger partial charge in [0.1, 0.15) is 17.5 Å². The molecule has 2 aromatic heterocycles. The molecular weight excluding hydrogens is 396 g/mol. The van der Waals surface area contributed by atoms with E-state index in [1.54, 1.807) is 21.8 Å². The highest BCUT2D eigenvalue weighted by molar-refractivity contribution is 6.00. The number of carbonyl (C=O) groups excluding carboxylic acids is 2. The molecule has 0 unspecified atom stereocenters. The number of aromatic nitrogens is 3. The summed E-state index contributed by atoms with van der Waals surface area (Å²) in [5, 5.41) is 8.15. The Morgan fingerprint density at radius 2 is 2.13 bits per heavy atom. The average molecular weight is 420 g/mol. The molecule has 4 heterocycles. The molecule has 0 aliphatic carbocycles. The van der Waals surface area contributed by atoms with E-state index >= 15 is 0 Å². The van der Waals surface area contributed by atoms with Crippen LogP contribution in [0.3, 0.4) is 0 Å². The Hall–Kier alpha value is -3.42. The van der Waals surface area contributed by atoms with E-state index in [4.69, 9.17) is 9.26 Å². The van der Waals surface area contributed by atoms with E-state index in [0.29, 0.717) is 36.5 Å². The van der Waals surface area contributed by atoms with Gasteiger partial charge >= 0.3 is 0 Å². The van der Waals surface area contributed by atoms with E-state index in [-0.39, 0.29) is 29.5 Å². The van der Waals surface area contributed by atoms with Crippen molar-refractivity contribution in [3.63, 3.8) is 0 Å². The fraction of sp³-hybridized carbons (Fsp3) is 0.391. The third-order valence-corrected chi connectivity index (χ3v) is 6.09. The maximum Gasteiger partial charge on any atom is 0.292 e. The number of Topliss-reactive ketones (excluding diaryl/α,β-unsaturated/α-hetero) is 1. The molecule has 8 nitrogen and oxygen atoms in total. The van der Waals surface area contributed by atoms with Gasteiger partial charge in [0.25, 0.3) is 5.91 Å². The molecule has 1 fully saturated rings. The van der Waals surface area contributed by atoms with Gasteiger partial charge < -0.3 is 14.2 Å². The van der Waals surface area contributed by atoms with Gasteiger partial charge in [-0.25, -0.2) is 0 Å². The summed E-state index contributed by atoms with van der Waals surface area (Å²) in [6, 6.07) is 7.36. The highest BCUT2D eigenvalue weighted by Gasteiger charge is 2.36. The number of amides is 1. The molecule has 5 rings (SSSR count). The summed E-state index contributed by atoms with van der Waals surface area (Å²) in [5.74, 6) is 0.865. The van der Waals surface area contributed by atoms with Crippen LogP contribution in [0.5, 0.6) is 5.75 Å². The Labute approximate surface area is 179 Å². The number of nitrogens with zero attached hydrogens (tertiary/aromatic N) is 4. The van der Waals surface area contributed by atoms with E-state index in [1.807, 2.05) is 38.4 Å². The standard InChI is InChI=1S/C23H24N4O4/c1-14-5-6-20-17(8-14)19(28)10-21(30-20)15-4-3-7-27(13-15)23(29)22-9-18(25-31-22)16-11-24-26(2)12-16/h5-6,8-9,11-12,15,21H,3-4,7,10,13H2,1-2H3/t15-,21+/m1/s1. The summed E-state index contributed by atoms with van der Waals surface area (Å²) < 4.78 is 13.2. The highest BCUT2D eigenvalue weighted by atomic mass is 16.5. The van der Waals surface area contributed by atoms with Crippen LogP contribution in [0.25, 0.3) is 11.3 Å². The van der Waals surface area contributed by atoms with Crippen LogP contribution >= 0.6 is 0 Å². The van der Waals surface area contributed by atoms with Crippen LogP contribution in [0.15, 0.2) is 41.2 Å². The topological polar surface area (TPSA) is 90.5 Å². The number of hydrogen-bond acceptors (Lipinski definition) is 6. The molecule has 0 saturated carbocycles. The van der Waals surface area contributed by atoms with Gasteiger partial charge in [0.05, 0.1) is 11.8 Å². The number of hydrogen-bond donors (Lipinski definition) is 0. The van der Waals surface area contributed by atoms with Gasteiger partial charge in [-0.1, -0.05) is 16.8 Å². The fourth-order valence-electron chi connectivity index (χ4n) is 4.44. The fourth-order valence-corrected chi connectivity index (χ4v) is 4.44. The summed E-state index contributed by atoms with van der Waals surface area (Å²) in [5.41, 5.74) is 3.08. The quantitative estimate of drug-likeness (QED) is 0.646. The summed E-state index contributed by atoms with van der Waals surface area (Å²) >= 11 is 0. The van der Waals surface area contributed by atoms with E-state index in [9.17, 15) is 9.59 Å². The summed E-state index contributed by atoms with van der Waals surface area (Å²) in [6.45, 7) is 3.14. The first-order chi connectivity index (χ1) is 15.0. The number of benzene rings is 1. The molecule has 31 heavy (non-hydrogen) atoms. The van der Waals surface area contributed by atoms with Crippen LogP contribution in [0.2, 0.25) is 0 Å². The van der Waals surface area contributed by atoms with Gasteiger partial charge in [-0.05, 0) is 31.9 Å². The van der Waals surface area contributed by atoms with Crippen molar-refractivity contribution in [1.82, 2.24) is 19.8 Å². The largest absolute Gasteiger partial charge is 0.489 e. The number of aryl methyl sites for hydroxylation is 2. The SMILES string of the molecule is Cc1ccc2c(c1)C(=O)C[C@@H]([C@@H]1CCCN(C(=O)c3cc(-c4cnn(C)c4)no3)C1)O2. The second-order valence-corrected chi connectivity index (χ2v) is 8.42. The van der Waals surface area contributed by atoms with Crippen LogP contribution in [-0.2, 0) is 7.05 Å². The van der Waals surface area contributed by atoms with Crippen LogP contribution in [0.1, 0.15) is 45.7 Å². The maximum absolute atomic E-state index is 13.0. The van der Waals surface area contributed by atoms with Crippen molar-refractivity contribution >= 4 is 11.7 Å². The molecule has 0 radical (unpaired) electrons. The average Bonchev–Trinajstić information content (AvgIpc) is 3.43. The third kappa shape index (κ3) is 3.73. The van der Waals surface area contributed by atoms with Crippen molar-refractivity contribution in [3.8, 4) is 17.0 Å². The van der Waals surface area contributed by atoms with Crippen molar-refractivity contribution in [1.29, 1.82) is 0 Å². The Balaban J connectivity index is 1.29. The van der Waals surface area contributed by atoms with Crippen LogP contribution in [0, 0.1) is 12.8 Å². The molecule has 1 aromatic carbocycles. The first kappa shape index (κ1) is 19.5. The molecule has 1 amide bonds. The predicted molar refractivity (Wildman–Crippen MR) is 112 cm³/mol. The maximum atomic E-state index is 13.0. The number of rotatable bonds is 3. The number of carbonyl (C=O) groups is 2. The van der Waals surface area contributed by atoms with Gasteiger partial charge in [-0.15, -0.1) is 0 Å². The Kier molecular flexibility index (Phi) is 4.84. The molecule has 0 N–H and O–H groups in total. The molecule has 0 spiro atoms. The van der Waals surface area contributed by atoms with E-state index < -0.39 is 0 Å². The first-order valence-corrected chi connectivity index (χ1v) is 10.5. The Morgan fingerprint density at radius 3 is 2.94 bits per heavy atom. The normalized spacial score (nSPS) is 21.0. The summed E-state index contributed by atoms with van der Waals surface area (Å²) in [7, 11) is 1.82. The molecule has 1 saturated heterocycles. The minimum Gasteiger partial charge on any atom is -0.489 e. The van der Waals surface area contributed by atoms with Gasteiger partial charge in [0.15, 0.2) is 5.78 Å². The van der Waals surface area contributed by atoms with Crippen molar-refractivity contribution in [2.24, 2.45) is 13.0 Å². The van der Waals surface area contributed by atoms with Crippen molar-refractivity contribution < 1.29 is 18.8 Å². The second-order valence-electron chi connectivity index (χ2n) is 8.42. The van der Waals surface area contributed by atoms with Crippen LogP contribution < -0.4 is 4.74 Å². The molecule has 2 atom stereocenters. The zero-order valence-electron chi connectivity index (χ0n) is 17.6. The molecule has 2 aliphatic rings. The monoisotopic (exact) mass is 420 g/mol. The molecule has 2 aliphatic heterocycles. The highest BCUT2D eigenvalue weighted by Crippen LogP contribution is 2.34.